The first-order valence-corrected chi connectivity index (χ1v) is 4.97. The van der Waals surface area contributed by atoms with Gasteiger partial charge in [0.2, 0.25) is 6.33 Å². The summed E-state index contributed by atoms with van der Waals surface area (Å²) in [4.78, 5) is 0. The maximum Gasteiger partial charge on any atom is 0.278 e. The fraction of sp³-hybridized carbons (Fsp3) is 0.273. The molecular weight excluding hydrogens is 174 g/mol. The Hall–Kier alpha value is -1.64. The van der Waals surface area contributed by atoms with Gasteiger partial charge in [0.1, 0.15) is 5.69 Å². The van der Waals surface area contributed by atoms with E-state index in [1.54, 1.807) is 0 Å². The molecule has 0 radical (unpaired) electrons. The average molecular weight is 186 g/mol. The maximum atomic E-state index is 4.54. The molecule has 3 nitrogen and oxygen atoms in total. The minimum absolute atomic E-state index is 1.11. The predicted octanol–water partition coefficient (Wildman–Crippen LogP) is 1.11. The molecule has 70 valence electrons. The second-order valence-corrected chi connectivity index (χ2v) is 3.61. The molecular formula is C11H12N3+. The van der Waals surface area contributed by atoms with E-state index in [1.165, 1.54) is 12.2 Å². The fourth-order valence-corrected chi connectivity index (χ4v) is 1.90. The molecule has 1 aliphatic heterocycles. The topological polar surface area (TPSA) is 21.7 Å². The van der Waals surface area contributed by atoms with Crippen LogP contribution in [0.1, 0.15) is 12.2 Å². The molecule has 0 amide bonds. The van der Waals surface area contributed by atoms with Gasteiger partial charge < -0.3 is 0 Å². The molecule has 2 aromatic rings. The lowest BCUT2D eigenvalue weighted by Crippen LogP contribution is -2.29. The van der Waals surface area contributed by atoms with Gasteiger partial charge in [-0.3, -0.25) is 0 Å². The minimum atomic E-state index is 1.11. The second kappa shape index (κ2) is 2.94. The molecule has 0 spiro atoms. The van der Waals surface area contributed by atoms with E-state index in [9.17, 15) is 0 Å². The molecule has 1 aromatic carbocycles. The summed E-state index contributed by atoms with van der Waals surface area (Å²) in [6, 6.07) is 10.2. The molecule has 1 aliphatic rings. The second-order valence-electron chi connectivity index (χ2n) is 3.61. The third-order valence-electron chi connectivity index (χ3n) is 2.62. The van der Waals surface area contributed by atoms with Gasteiger partial charge in [-0.2, -0.15) is 0 Å². The Morgan fingerprint density at radius 3 is 2.86 bits per heavy atom. The lowest BCUT2D eigenvalue weighted by Gasteiger charge is -1.90. The number of benzene rings is 1. The van der Waals surface area contributed by atoms with E-state index in [-0.39, 0.29) is 0 Å². The van der Waals surface area contributed by atoms with Crippen molar-refractivity contribution in [1.82, 2.24) is 9.78 Å². The van der Waals surface area contributed by atoms with Crippen LogP contribution in [0.15, 0.2) is 36.7 Å². The van der Waals surface area contributed by atoms with Crippen molar-refractivity contribution in [2.24, 2.45) is 0 Å². The first-order chi connectivity index (χ1) is 6.93. The summed E-state index contributed by atoms with van der Waals surface area (Å²) in [5, 5.41) is 4.54. The van der Waals surface area contributed by atoms with E-state index < -0.39 is 0 Å². The third-order valence-corrected chi connectivity index (χ3v) is 2.62. The van der Waals surface area contributed by atoms with Gasteiger partial charge in [-0.1, -0.05) is 22.9 Å². The quantitative estimate of drug-likeness (QED) is 0.611. The van der Waals surface area contributed by atoms with Crippen molar-refractivity contribution in [3.63, 3.8) is 0 Å². The highest BCUT2D eigenvalue weighted by atomic mass is 15.4. The highest BCUT2D eigenvalue weighted by Gasteiger charge is 2.22. The molecule has 0 saturated carbocycles. The Balaban J connectivity index is 2.06. The third kappa shape index (κ3) is 1.13. The van der Waals surface area contributed by atoms with E-state index in [2.05, 4.69) is 28.1 Å². The summed E-state index contributed by atoms with van der Waals surface area (Å²) in [5.74, 6) is 1.20. The summed E-state index contributed by atoms with van der Waals surface area (Å²) in [5.41, 5.74) is 1.13. The number of hydrogen-bond donors (Lipinski definition) is 0. The number of fused-ring (bicyclic) bond motifs is 1. The number of aromatic nitrogens is 3. The highest BCUT2D eigenvalue weighted by molar-refractivity contribution is 5.28. The molecule has 0 saturated heterocycles. The number of nitrogens with zero attached hydrogens (tertiary/aromatic N) is 3. The first kappa shape index (κ1) is 7.74. The molecule has 0 unspecified atom stereocenters. The molecule has 0 aliphatic carbocycles. The summed E-state index contributed by atoms with van der Waals surface area (Å²) in [6.45, 7) is 1.11. The van der Waals surface area contributed by atoms with Gasteiger partial charge >= 0.3 is 0 Å². The van der Waals surface area contributed by atoms with Crippen LogP contribution in [0.4, 0.5) is 0 Å². The number of rotatable bonds is 1. The Morgan fingerprint density at radius 2 is 2.07 bits per heavy atom. The summed E-state index contributed by atoms with van der Waals surface area (Å²) < 4.78 is 4.18. The Bertz CT molecular complexity index is 423. The van der Waals surface area contributed by atoms with Gasteiger partial charge in [0.25, 0.3) is 5.82 Å². The van der Waals surface area contributed by atoms with Crippen LogP contribution >= 0.6 is 0 Å². The van der Waals surface area contributed by atoms with Gasteiger partial charge in [0, 0.05) is 11.5 Å². The van der Waals surface area contributed by atoms with Crippen molar-refractivity contribution < 1.29 is 4.57 Å². The van der Waals surface area contributed by atoms with E-state index >= 15 is 0 Å². The normalized spacial score (nSPS) is 14.3. The fourth-order valence-electron chi connectivity index (χ4n) is 1.90. The van der Waals surface area contributed by atoms with Gasteiger partial charge in [0.15, 0.2) is 0 Å². The summed E-state index contributed by atoms with van der Waals surface area (Å²) >= 11 is 0. The van der Waals surface area contributed by atoms with Crippen LogP contribution in [0.25, 0.3) is 5.69 Å². The van der Waals surface area contributed by atoms with Crippen LogP contribution in [0.3, 0.4) is 0 Å². The molecule has 3 rings (SSSR count). The molecule has 3 heteroatoms. The lowest BCUT2D eigenvalue weighted by molar-refractivity contribution is -0.691. The zero-order chi connectivity index (χ0) is 9.38. The van der Waals surface area contributed by atoms with Crippen LogP contribution in [-0.4, -0.2) is 9.78 Å². The average Bonchev–Trinajstić information content (AvgIpc) is 2.78. The number of aryl methyl sites for hydroxylation is 2. The van der Waals surface area contributed by atoms with Crippen LogP contribution in [0.5, 0.6) is 0 Å². The lowest BCUT2D eigenvalue weighted by atomic mass is 10.3. The summed E-state index contributed by atoms with van der Waals surface area (Å²) in [7, 11) is 0. The van der Waals surface area contributed by atoms with Crippen LogP contribution in [0, 0.1) is 0 Å². The zero-order valence-electron chi connectivity index (χ0n) is 7.93. The van der Waals surface area contributed by atoms with Crippen molar-refractivity contribution in [2.75, 3.05) is 0 Å². The SMILES string of the molecule is c1ccc(-n2c[n+]3c(n2)CCC3)cc1. The molecule has 0 fully saturated rings. The van der Waals surface area contributed by atoms with E-state index in [0.717, 1.165) is 18.7 Å². The van der Waals surface area contributed by atoms with Crippen LogP contribution in [0.2, 0.25) is 0 Å². The predicted molar refractivity (Wildman–Crippen MR) is 52.1 cm³/mol. The van der Waals surface area contributed by atoms with E-state index in [1.807, 2.05) is 22.9 Å². The molecule has 14 heavy (non-hydrogen) atoms. The van der Waals surface area contributed by atoms with Crippen molar-refractivity contribution in [3.05, 3.63) is 42.5 Å². The van der Waals surface area contributed by atoms with Gasteiger partial charge in [-0.25, -0.2) is 4.57 Å². The Labute approximate surface area is 82.6 Å². The number of hydrogen-bond acceptors (Lipinski definition) is 1. The molecule has 0 atom stereocenters. The monoisotopic (exact) mass is 186 g/mol. The highest BCUT2D eigenvalue weighted by Crippen LogP contribution is 2.07. The van der Waals surface area contributed by atoms with Gasteiger partial charge in [0.05, 0.1) is 6.54 Å². The van der Waals surface area contributed by atoms with E-state index in [4.69, 9.17) is 0 Å². The van der Waals surface area contributed by atoms with Crippen molar-refractivity contribution in [3.8, 4) is 5.69 Å². The van der Waals surface area contributed by atoms with Gasteiger partial charge in [-0.15, -0.1) is 0 Å². The van der Waals surface area contributed by atoms with Crippen molar-refractivity contribution >= 4 is 0 Å². The molecule has 0 N–H and O–H groups in total. The standard InChI is InChI=1S/C11H12N3/c1-2-5-10(6-3-1)14-9-13-8-4-7-11(13)12-14/h1-3,5-6,9H,4,7-8H2/q+1. The molecule has 2 heterocycles. The largest absolute Gasteiger partial charge is 0.278 e. The zero-order valence-corrected chi connectivity index (χ0v) is 7.93. The Morgan fingerprint density at radius 1 is 1.21 bits per heavy atom. The smallest absolute Gasteiger partial charge is 0.234 e. The minimum Gasteiger partial charge on any atom is -0.234 e. The van der Waals surface area contributed by atoms with Gasteiger partial charge in [-0.05, 0) is 18.6 Å². The van der Waals surface area contributed by atoms with Crippen LogP contribution in [-0.2, 0) is 13.0 Å². The summed E-state index contributed by atoms with van der Waals surface area (Å²) in [6.07, 6.45) is 4.43. The van der Waals surface area contributed by atoms with Crippen LogP contribution < -0.4 is 4.57 Å². The number of para-hydroxylation sites is 1. The molecule has 1 aromatic heterocycles. The van der Waals surface area contributed by atoms with E-state index in [0.29, 0.717) is 0 Å². The van der Waals surface area contributed by atoms with Crippen molar-refractivity contribution in [2.45, 2.75) is 19.4 Å². The Kier molecular flexibility index (Phi) is 1.63. The molecule has 0 bridgehead atoms. The first-order valence-electron chi connectivity index (χ1n) is 4.97. The maximum absolute atomic E-state index is 4.54. The van der Waals surface area contributed by atoms with Crippen molar-refractivity contribution in [1.29, 1.82) is 0 Å².